The number of aryl methyl sites for hydroxylation is 1. The van der Waals surface area contributed by atoms with Crippen molar-refractivity contribution in [3.05, 3.63) is 47.9 Å². The molecule has 0 saturated carbocycles. The van der Waals surface area contributed by atoms with Crippen molar-refractivity contribution in [2.75, 3.05) is 19.6 Å². The molecule has 7 heteroatoms. The van der Waals surface area contributed by atoms with Crippen molar-refractivity contribution >= 4 is 16.6 Å². The van der Waals surface area contributed by atoms with Crippen molar-refractivity contribution in [3.63, 3.8) is 0 Å². The molecule has 3 aromatic heterocycles. The van der Waals surface area contributed by atoms with E-state index in [2.05, 4.69) is 65.0 Å². The van der Waals surface area contributed by atoms with E-state index in [1.54, 1.807) is 6.33 Å². The van der Waals surface area contributed by atoms with Crippen molar-refractivity contribution < 1.29 is 9.84 Å². The van der Waals surface area contributed by atoms with E-state index in [9.17, 15) is 5.11 Å². The van der Waals surface area contributed by atoms with Crippen LogP contribution in [0.25, 0.3) is 27.8 Å². The maximum absolute atomic E-state index is 10.1. The van der Waals surface area contributed by atoms with E-state index in [1.807, 2.05) is 24.6 Å². The van der Waals surface area contributed by atoms with Crippen LogP contribution in [0.4, 0.5) is 0 Å². The van der Waals surface area contributed by atoms with Crippen LogP contribution < -0.4 is 4.74 Å². The van der Waals surface area contributed by atoms with Crippen LogP contribution in [0.5, 0.6) is 5.75 Å². The molecule has 0 amide bonds. The van der Waals surface area contributed by atoms with E-state index in [1.165, 1.54) is 10.9 Å². The topological polar surface area (TPSA) is 78.7 Å². The average Bonchev–Trinajstić information content (AvgIpc) is 3.38. The van der Waals surface area contributed by atoms with Gasteiger partial charge in [-0.1, -0.05) is 13.8 Å². The van der Waals surface area contributed by atoms with Crippen molar-refractivity contribution in [2.24, 2.45) is 0 Å². The first-order chi connectivity index (χ1) is 16.2. The lowest BCUT2D eigenvalue weighted by Crippen LogP contribution is -2.45. The zero-order valence-corrected chi connectivity index (χ0v) is 20.8. The van der Waals surface area contributed by atoms with Gasteiger partial charge in [-0.15, -0.1) is 0 Å². The van der Waals surface area contributed by atoms with Crippen LogP contribution in [0.15, 0.2) is 36.8 Å². The molecule has 2 N–H and O–H groups in total. The van der Waals surface area contributed by atoms with Gasteiger partial charge in [-0.25, -0.2) is 9.50 Å². The molecule has 7 nitrogen and oxygen atoms in total. The summed E-state index contributed by atoms with van der Waals surface area (Å²) in [5.74, 6) is 1.26. The third-order valence-electron chi connectivity index (χ3n) is 6.68. The highest BCUT2D eigenvalue weighted by molar-refractivity contribution is 5.92. The molecule has 180 valence electrons. The van der Waals surface area contributed by atoms with Crippen LogP contribution in [0.3, 0.4) is 0 Å². The molecule has 1 aromatic carbocycles. The summed E-state index contributed by atoms with van der Waals surface area (Å²) in [5, 5.41) is 15.7. The molecule has 5 rings (SSSR count). The second kappa shape index (κ2) is 8.71. The minimum atomic E-state index is -0.658. The van der Waals surface area contributed by atoms with Gasteiger partial charge in [-0.05, 0) is 74.9 Å². The number of hydrogen-bond donors (Lipinski definition) is 2. The number of likely N-dealkylation sites (tertiary alicyclic amines) is 1. The summed E-state index contributed by atoms with van der Waals surface area (Å²) in [7, 11) is 0. The standard InChI is InChI=1S/C27H35N5O2/c1-17(2)24-22-13-21(34-20-8-10-31(11-9-20)15-27(4,5)33)6-7-23(22)30-25(24)19-12-18(3)26-28-16-29-32(26)14-19/h6-7,12-14,16-17,20,30,33H,8-11,15H2,1-5H3. The minimum absolute atomic E-state index is 0.203. The molecule has 0 radical (unpaired) electrons. The Kier molecular flexibility index (Phi) is 5.86. The Morgan fingerprint density at radius 1 is 1.21 bits per heavy atom. The Hall–Kier alpha value is -2.90. The van der Waals surface area contributed by atoms with E-state index >= 15 is 0 Å². The number of nitrogens with zero attached hydrogens (tertiary/aromatic N) is 4. The largest absolute Gasteiger partial charge is 0.490 e. The van der Waals surface area contributed by atoms with Gasteiger partial charge in [0.1, 0.15) is 18.2 Å². The summed E-state index contributed by atoms with van der Waals surface area (Å²) in [6, 6.07) is 8.57. The molecule has 1 aliphatic heterocycles. The van der Waals surface area contributed by atoms with Gasteiger partial charge < -0.3 is 19.7 Å². The SMILES string of the molecule is Cc1cc(-c2[nH]c3ccc(OC4CCN(CC(C)(C)O)CC4)cc3c2C(C)C)cn2ncnc12. The molecular weight excluding hydrogens is 426 g/mol. The number of nitrogens with one attached hydrogen (secondary N) is 1. The number of pyridine rings is 1. The highest BCUT2D eigenvalue weighted by atomic mass is 16.5. The summed E-state index contributed by atoms with van der Waals surface area (Å²) in [6.07, 6.45) is 5.79. The highest BCUT2D eigenvalue weighted by Gasteiger charge is 2.25. The minimum Gasteiger partial charge on any atom is -0.490 e. The first kappa shape index (κ1) is 22.9. The molecule has 1 aliphatic rings. The Labute approximate surface area is 200 Å². The molecule has 1 fully saturated rings. The van der Waals surface area contributed by atoms with E-state index < -0.39 is 5.60 Å². The molecule has 0 atom stereocenters. The lowest BCUT2D eigenvalue weighted by Gasteiger charge is -2.35. The van der Waals surface area contributed by atoms with Gasteiger partial charge in [0.2, 0.25) is 0 Å². The predicted octanol–water partition coefficient (Wildman–Crippen LogP) is 4.92. The number of ether oxygens (including phenoxy) is 1. The van der Waals surface area contributed by atoms with Gasteiger partial charge in [0.25, 0.3) is 0 Å². The fourth-order valence-corrected chi connectivity index (χ4v) is 5.25. The number of aliphatic hydroxyl groups is 1. The van der Waals surface area contributed by atoms with Gasteiger partial charge in [0.15, 0.2) is 5.65 Å². The molecule has 0 unspecified atom stereocenters. The molecule has 4 heterocycles. The van der Waals surface area contributed by atoms with Gasteiger partial charge >= 0.3 is 0 Å². The van der Waals surface area contributed by atoms with E-state index in [4.69, 9.17) is 4.74 Å². The van der Waals surface area contributed by atoms with Crippen LogP contribution in [0, 0.1) is 6.92 Å². The highest BCUT2D eigenvalue weighted by Crippen LogP contribution is 2.38. The van der Waals surface area contributed by atoms with Crippen LogP contribution in [-0.2, 0) is 0 Å². The molecule has 0 spiro atoms. The van der Waals surface area contributed by atoms with Crippen LogP contribution >= 0.6 is 0 Å². The van der Waals surface area contributed by atoms with Crippen molar-refractivity contribution in [3.8, 4) is 17.0 Å². The lowest BCUT2D eigenvalue weighted by atomic mass is 9.96. The van der Waals surface area contributed by atoms with Crippen molar-refractivity contribution in [2.45, 2.75) is 65.1 Å². The fourth-order valence-electron chi connectivity index (χ4n) is 5.25. The van der Waals surface area contributed by atoms with Crippen LogP contribution in [-0.4, -0.2) is 60.9 Å². The number of piperidine rings is 1. The molecule has 1 saturated heterocycles. The number of fused-ring (bicyclic) bond motifs is 2. The summed E-state index contributed by atoms with van der Waals surface area (Å²) in [6.45, 7) is 12.9. The normalized spacial score (nSPS) is 16.2. The lowest BCUT2D eigenvalue weighted by molar-refractivity contribution is 0.0140. The van der Waals surface area contributed by atoms with Crippen LogP contribution in [0.1, 0.15) is 57.6 Å². The van der Waals surface area contributed by atoms with E-state index in [0.717, 1.165) is 59.7 Å². The predicted molar refractivity (Wildman–Crippen MR) is 135 cm³/mol. The average molecular weight is 462 g/mol. The Balaban J connectivity index is 1.42. The van der Waals surface area contributed by atoms with Crippen LogP contribution in [0.2, 0.25) is 0 Å². The molecule has 0 bridgehead atoms. The Morgan fingerprint density at radius 2 is 1.97 bits per heavy atom. The molecule has 0 aliphatic carbocycles. The molecule has 4 aromatic rings. The number of aromatic nitrogens is 4. The summed E-state index contributed by atoms with van der Waals surface area (Å²) in [4.78, 5) is 10.3. The number of benzene rings is 1. The van der Waals surface area contributed by atoms with Crippen molar-refractivity contribution in [1.29, 1.82) is 0 Å². The second-order valence-corrected chi connectivity index (χ2v) is 10.6. The van der Waals surface area contributed by atoms with Gasteiger partial charge in [-0.2, -0.15) is 5.10 Å². The van der Waals surface area contributed by atoms with Gasteiger partial charge in [0.05, 0.1) is 11.3 Å². The number of β-amino-alcohol motifs (C(OH)–C–C–N with tert-alkyl or cyclic N) is 1. The first-order valence-corrected chi connectivity index (χ1v) is 12.3. The van der Waals surface area contributed by atoms with E-state index in [0.29, 0.717) is 12.5 Å². The third kappa shape index (κ3) is 4.55. The zero-order chi connectivity index (χ0) is 24.0. The smallest absolute Gasteiger partial charge is 0.158 e. The Morgan fingerprint density at radius 3 is 2.68 bits per heavy atom. The van der Waals surface area contributed by atoms with Crippen molar-refractivity contribution in [1.82, 2.24) is 24.5 Å². The molecule has 34 heavy (non-hydrogen) atoms. The Bertz CT molecular complexity index is 1310. The zero-order valence-electron chi connectivity index (χ0n) is 20.8. The monoisotopic (exact) mass is 461 g/mol. The maximum Gasteiger partial charge on any atom is 0.158 e. The quantitative estimate of drug-likeness (QED) is 0.426. The number of aromatic amines is 1. The number of rotatable bonds is 6. The number of H-pyrrole nitrogens is 1. The summed E-state index contributed by atoms with van der Waals surface area (Å²) >= 11 is 0. The third-order valence-corrected chi connectivity index (χ3v) is 6.68. The second-order valence-electron chi connectivity index (χ2n) is 10.6. The van der Waals surface area contributed by atoms with Gasteiger partial charge in [0, 0.05) is 42.3 Å². The van der Waals surface area contributed by atoms with E-state index in [-0.39, 0.29) is 6.10 Å². The summed E-state index contributed by atoms with van der Waals surface area (Å²) in [5.41, 5.74) is 5.97. The molecular formula is C27H35N5O2. The fraction of sp³-hybridized carbons (Fsp3) is 0.481. The maximum atomic E-state index is 10.1. The van der Waals surface area contributed by atoms with Gasteiger partial charge in [-0.3, -0.25) is 0 Å². The first-order valence-electron chi connectivity index (χ1n) is 12.3. The summed E-state index contributed by atoms with van der Waals surface area (Å²) < 4.78 is 8.28. The number of hydrogen-bond acceptors (Lipinski definition) is 5.